The maximum Gasteiger partial charge on any atom is 0.265 e. The molecule has 20 heavy (non-hydrogen) atoms. The van der Waals surface area contributed by atoms with Crippen LogP contribution in [0.2, 0.25) is 0 Å². The van der Waals surface area contributed by atoms with Gasteiger partial charge in [0.05, 0.1) is 18.0 Å². The third-order valence-electron chi connectivity index (χ3n) is 2.82. The predicted octanol–water partition coefficient (Wildman–Crippen LogP) is 2.08. The van der Waals surface area contributed by atoms with Crippen LogP contribution >= 0.6 is 15.9 Å². The summed E-state index contributed by atoms with van der Waals surface area (Å²) in [5.41, 5.74) is 1.83. The normalized spacial score (nSPS) is 11.6. The fraction of sp³-hybridized carbons (Fsp3) is 0.250. The van der Waals surface area contributed by atoms with Crippen molar-refractivity contribution < 1.29 is 13.5 Å². The highest BCUT2D eigenvalue weighted by Gasteiger charge is 2.24. The van der Waals surface area contributed by atoms with Crippen LogP contribution in [0, 0.1) is 13.8 Å². The standard InChI is InChI=1S/C12H14BrN3O3S/c1-7-4-3-5-9(11(7)13)16-20(18,19)12-8(2)14-15-10(12)6-17/h3-5,16-17H,6H2,1-2H3,(H,14,15). The van der Waals surface area contributed by atoms with Crippen LogP contribution in [0.3, 0.4) is 0 Å². The van der Waals surface area contributed by atoms with Crippen LogP contribution in [0.1, 0.15) is 17.0 Å². The summed E-state index contributed by atoms with van der Waals surface area (Å²) in [6, 6.07) is 5.28. The van der Waals surface area contributed by atoms with Crippen LogP contribution in [0.4, 0.5) is 5.69 Å². The lowest BCUT2D eigenvalue weighted by molar-refractivity contribution is 0.273. The molecule has 0 aliphatic rings. The number of halogens is 1. The highest BCUT2D eigenvalue weighted by molar-refractivity contribution is 9.10. The van der Waals surface area contributed by atoms with Gasteiger partial charge in [-0.15, -0.1) is 0 Å². The molecule has 0 saturated carbocycles. The van der Waals surface area contributed by atoms with E-state index in [1.165, 1.54) is 0 Å². The van der Waals surface area contributed by atoms with E-state index in [-0.39, 0.29) is 10.6 Å². The van der Waals surface area contributed by atoms with E-state index in [4.69, 9.17) is 0 Å². The molecule has 0 bridgehead atoms. The van der Waals surface area contributed by atoms with Gasteiger partial charge in [-0.2, -0.15) is 5.10 Å². The van der Waals surface area contributed by atoms with Crippen molar-refractivity contribution in [3.8, 4) is 0 Å². The third kappa shape index (κ3) is 2.72. The van der Waals surface area contributed by atoms with Crippen molar-refractivity contribution in [2.75, 3.05) is 4.72 Å². The van der Waals surface area contributed by atoms with Gasteiger partial charge in [-0.3, -0.25) is 9.82 Å². The zero-order valence-electron chi connectivity index (χ0n) is 10.9. The Balaban J connectivity index is 2.46. The molecule has 0 unspecified atom stereocenters. The highest BCUT2D eigenvalue weighted by Crippen LogP contribution is 2.29. The zero-order valence-corrected chi connectivity index (χ0v) is 13.3. The van der Waals surface area contributed by atoms with Crippen molar-refractivity contribution in [2.24, 2.45) is 0 Å². The van der Waals surface area contributed by atoms with Gasteiger partial charge in [0.15, 0.2) is 0 Å². The van der Waals surface area contributed by atoms with Gasteiger partial charge in [-0.25, -0.2) is 8.42 Å². The van der Waals surface area contributed by atoms with Crippen LogP contribution in [0.25, 0.3) is 0 Å². The molecular weight excluding hydrogens is 346 g/mol. The Hall–Kier alpha value is -1.38. The minimum absolute atomic E-state index is 0.0200. The number of aliphatic hydroxyl groups excluding tert-OH is 1. The second-order valence-electron chi connectivity index (χ2n) is 4.32. The molecule has 2 aromatic rings. The largest absolute Gasteiger partial charge is 0.390 e. The molecular formula is C12H14BrN3O3S. The molecule has 3 N–H and O–H groups in total. The number of nitrogens with one attached hydrogen (secondary N) is 2. The van der Waals surface area contributed by atoms with Crippen molar-refractivity contribution in [3.63, 3.8) is 0 Å². The molecule has 108 valence electrons. The minimum atomic E-state index is -3.82. The maximum absolute atomic E-state index is 12.4. The SMILES string of the molecule is Cc1cccc(NS(=O)(=O)c2c(CO)n[nH]c2C)c1Br. The summed E-state index contributed by atoms with van der Waals surface area (Å²) in [5.74, 6) is 0. The zero-order chi connectivity index (χ0) is 14.9. The van der Waals surface area contributed by atoms with Crippen LogP contribution < -0.4 is 4.72 Å². The number of hydrogen-bond acceptors (Lipinski definition) is 4. The number of benzene rings is 1. The first kappa shape index (κ1) is 15.0. The maximum atomic E-state index is 12.4. The summed E-state index contributed by atoms with van der Waals surface area (Å²) in [5, 5.41) is 15.5. The van der Waals surface area contributed by atoms with Gasteiger partial charge in [0.25, 0.3) is 10.0 Å². The molecule has 0 saturated heterocycles. The fourth-order valence-electron chi connectivity index (χ4n) is 1.86. The van der Waals surface area contributed by atoms with E-state index in [1.54, 1.807) is 19.1 Å². The Labute approximate surface area is 125 Å². The van der Waals surface area contributed by atoms with E-state index in [0.717, 1.165) is 5.56 Å². The molecule has 0 atom stereocenters. The number of aromatic nitrogens is 2. The third-order valence-corrected chi connectivity index (χ3v) is 5.44. The Kier molecular flexibility index (Phi) is 4.17. The highest BCUT2D eigenvalue weighted by atomic mass is 79.9. The first-order valence-electron chi connectivity index (χ1n) is 5.79. The number of aliphatic hydroxyl groups is 1. The monoisotopic (exact) mass is 359 g/mol. The van der Waals surface area contributed by atoms with Crippen molar-refractivity contribution in [1.82, 2.24) is 10.2 Å². The molecule has 1 heterocycles. The van der Waals surface area contributed by atoms with Crippen LogP contribution in [-0.4, -0.2) is 23.7 Å². The lowest BCUT2D eigenvalue weighted by Gasteiger charge is -2.11. The quantitative estimate of drug-likeness (QED) is 0.778. The van der Waals surface area contributed by atoms with Gasteiger partial charge in [0.1, 0.15) is 10.6 Å². The number of rotatable bonds is 4. The van der Waals surface area contributed by atoms with E-state index in [2.05, 4.69) is 30.8 Å². The number of anilines is 1. The van der Waals surface area contributed by atoms with Gasteiger partial charge in [0, 0.05) is 4.47 Å². The van der Waals surface area contributed by atoms with E-state index < -0.39 is 16.6 Å². The Morgan fingerprint density at radius 2 is 2.10 bits per heavy atom. The number of aryl methyl sites for hydroxylation is 2. The summed E-state index contributed by atoms with van der Waals surface area (Å²) in [6.45, 7) is 3.01. The predicted molar refractivity (Wildman–Crippen MR) is 78.9 cm³/mol. The fourth-order valence-corrected chi connectivity index (χ4v) is 3.78. The Morgan fingerprint density at radius 1 is 1.40 bits per heavy atom. The molecule has 6 nitrogen and oxygen atoms in total. The molecule has 2 rings (SSSR count). The average Bonchev–Trinajstić information content (AvgIpc) is 2.77. The van der Waals surface area contributed by atoms with Gasteiger partial charge >= 0.3 is 0 Å². The van der Waals surface area contributed by atoms with Crippen molar-refractivity contribution in [1.29, 1.82) is 0 Å². The van der Waals surface area contributed by atoms with Crippen LogP contribution in [0.5, 0.6) is 0 Å². The number of sulfonamides is 1. The minimum Gasteiger partial charge on any atom is -0.390 e. The van der Waals surface area contributed by atoms with Crippen LogP contribution in [0.15, 0.2) is 27.6 Å². The second kappa shape index (κ2) is 5.55. The summed E-state index contributed by atoms with van der Waals surface area (Å²) in [7, 11) is -3.82. The molecule has 0 aliphatic carbocycles. The summed E-state index contributed by atoms with van der Waals surface area (Å²) >= 11 is 3.35. The van der Waals surface area contributed by atoms with Gasteiger partial charge in [-0.1, -0.05) is 12.1 Å². The number of hydrogen-bond donors (Lipinski definition) is 3. The molecule has 0 aliphatic heterocycles. The second-order valence-corrected chi connectivity index (χ2v) is 6.74. The first-order chi connectivity index (χ1) is 9.36. The van der Waals surface area contributed by atoms with Gasteiger partial charge in [0.2, 0.25) is 0 Å². The van der Waals surface area contributed by atoms with Crippen molar-refractivity contribution in [2.45, 2.75) is 25.3 Å². The summed E-state index contributed by atoms with van der Waals surface area (Å²) in [6.07, 6.45) is 0. The molecule has 0 radical (unpaired) electrons. The molecule has 0 spiro atoms. The average molecular weight is 360 g/mol. The number of H-pyrrole nitrogens is 1. The lowest BCUT2D eigenvalue weighted by atomic mass is 10.2. The van der Waals surface area contributed by atoms with Gasteiger partial charge < -0.3 is 5.11 Å². The van der Waals surface area contributed by atoms with E-state index >= 15 is 0 Å². The molecule has 1 aromatic heterocycles. The molecule has 8 heteroatoms. The summed E-state index contributed by atoms with van der Waals surface area (Å²) in [4.78, 5) is -0.0200. The van der Waals surface area contributed by atoms with Crippen molar-refractivity contribution in [3.05, 3.63) is 39.6 Å². The Bertz CT molecular complexity index is 740. The molecule has 0 amide bonds. The van der Waals surface area contributed by atoms with E-state index in [9.17, 15) is 13.5 Å². The topological polar surface area (TPSA) is 95.1 Å². The van der Waals surface area contributed by atoms with E-state index in [1.807, 2.05) is 13.0 Å². The lowest BCUT2D eigenvalue weighted by Crippen LogP contribution is -2.15. The summed E-state index contributed by atoms with van der Waals surface area (Å²) < 4.78 is 28.0. The van der Waals surface area contributed by atoms with Crippen LogP contribution in [-0.2, 0) is 16.6 Å². The number of nitrogens with zero attached hydrogens (tertiary/aromatic N) is 1. The Morgan fingerprint density at radius 3 is 2.75 bits per heavy atom. The smallest absolute Gasteiger partial charge is 0.265 e. The molecule has 1 aromatic carbocycles. The molecule has 0 fully saturated rings. The first-order valence-corrected chi connectivity index (χ1v) is 8.07. The van der Waals surface area contributed by atoms with E-state index in [0.29, 0.717) is 15.9 Å². The van der Waals surface area contributed by atoms with Crippen molar-refractivity contribution >= 4 is 31.6 Å². The number of aromatic amines is 1. The van der Waals surface area contributed by atoms with Gasteiger partial charge in [-0.05, 0) is 41.4 Å².